The van der Waals surface area contributed by atoms with Crippen LogP contribution in [-0.4, -0.2) is 29.0 Å². The van der Waals surface area contributed by atoms with Crippen LogP contribution in [0.3, 0.4) is 0 Å². The molecule has 0 saturated heterocycles. The summed E-state index contributed by atoms with van der Waals surface area (Å²) in [7, 11) is 2.56. The zero-order chi connectivity index (χ0) is 7.11. The third-order valence-electron chi connectivity index (χ3n) is 0.640. The Kier molecular flexibility index (Phi) is 6.21. The summed E-state index contributed by atoms with van der Waals surface area (Å²) in [5.74, 6) is 0.843. The van der Waals surface area contributed by atoms with Crippen LogP contribution in [0, 0.1) is 0 Å². The first-order valence-electron chi connectivity index (χ1n) is 2.52. The van der Waals surface area contributed by atoms with Gasteiger partial charge < -0.3 is 10.4 Å². The highest BCUT2D eigenvalue weighted by atomic mass is 32.2. The van der Waals surface area contributed by atoms with Crippen molar-refractivity contribution in [1.29, 1.82) is 0 Å². The van der Waals surface area contributed by atoms with E-state index in [4.69, 9.17) is 5.11 Å². The van der Waals surface area contributed by atoms with Gasteiger partial charge in [-0.2, -0.15) is 11.8 Å². The summed E-state index contributed by atoms with van der Waals surface area (Å²) in [6.07, 6.45) is -0.945. The highest BCUT2D eigenvalue weighted by Crippen LogP contribution is 2.01. The number of thioether (sulfide) groups is 1. The van der Waals surface area contributed by atoms with Crippen LogP contribution < -0.4 is 5.32 Å². The molecule has 0 aromatic carbocycles. The Morgan fingerprint density at radius 1 is 1.78 bits per heavy atom. The molecule has 0 spiro atoms. The van der Waals surface area contributed by atoms with Gasteiger partial charge in [0.25, 0.3) is 0 Å². The number of hydrogen-bond donors (Lipinski definition) is 2. The van der Waals surface area contributed by atoms with Gasteiger partial charge in [-0.25, -0.2) is 4.79 Å². The second kappa shape index (κ2) is 6.17. The zero-order valence-electron chi connectivity index (χ0n) is 4.96. The lowest BCUT2D eigenvalue weighted by atomic mass is 10.7. The summed E-state index contributed by atoms with van der Waals surface area (Å²) < 4.78 is 0. The van der Waals surface area contributed by atoms with Crippen LogP contribution in [0.5, 0.6) is 0 Å². The van der Waals surface area contributed by atoms with Crippen molar-refractivity contribution in [2.75, 3.05) is 17.8 Å². The van der Waals surface area contributed by atoms with Gasteiger partial charge in [0.2, 0.25) is 0 Å². The van der Waals surface area contributed by atoms with Crippen molar-refractivity contribution in [2.45, 2.75) is 0 Å². The van der Waals surface area contributed by atoms with Gasteiger partial charge in [-0.15, -0.1) is 9.24 Å². The molecule has 1 atom stereocenters. The molecule has 3 nitrogen and oxygen atoms in total. The molecule has 54 valence electrons. The number of carboxylic acid groups (broad SMARTS) is 1. The van der Waals surface area contributed by atoms with Crippen LogP contribution in [0.2, 0.25) is 0 Å². The van der Waals surface area contributed by atoms with E-state index < -0.39 is 6.09 Å². The quantitative estimate of drug-likeness (QED) is 0.481. The summed E-state index contributed by atoms with van der Waals surface area (Å²) >= 11 is 1.69. The highest BCUT2D eigenvalue weighted by molar-refractivity contribution is 8.02. The lowest BCUT2D eigenvalue weighted by molar-refractivity contribution is 0.195. The van der Waals surface area contributed by atoms with Gasteiger partial charge in [-0.3, -0.25) is 0 Å². The largest absolute Gasteiger partial charge is 0.465 e. The van der Waals surface area contributed by atoms with E-state index in [1.54, 1.807) is 11.8 Å². The standard InChI is InChI=1S/C4H10NO2PS/c6-4(7)5-1-2-9-3-8/h5H,1-3,8H2,(H,6,7). The summed E-state index contributed by atoms with van der Waals surface area (Å²) in [5, 5.41) is 10.4. The molecule has 1 amide bonds. The fourth-order valence-corrected chi connectivity index (χ4v) is 1.23. The van der Waals surface area contributed by atoms with Crippen molar-refractivity contribution in [1.82, 2.24) is 5.32 Å². The monoisotopic (exact) mass is 167 g/mol. The topological polar surface area (TPSA) is 49.3 Å². The Labute approximate surface area is 60.8 Å². The maximum absolute atomic E-state index is 9.84. The lowest BCUT2D eigenvalue weighted by Crippen LogP contribution is -2.23. The molecule has 0 radical (unpaired) electrons. The Hall–Kier alpha value is 0.0500. The molecule has 0 aliphatic rings. The first-order chi connectivity index (χ1) is 4.27. The molecule has 0 aromatic heterocycles. The van der Waals surface area contributed by atoms with Gasteiger partial charge in [0.05, 0.1) is 0 Å². The van der Waals surface area contributed by atoms with Crippen LogP contribution in [0.15, 0.2) is 0 Å². The van der Waals surface area contributed by atoms with Gasteiger partial charge >= 0.3 is 6.09 Å². The second-order valence-corrected chi connectivity index (χ2v) is 3.46. The normalized spacial score (nSPS) is 9.00. The van der Waals surface area contributed by atoms with E-state index in [9.17, 15) is 4.79 Å². The first-order valence-corrected chi connectivity index (χ1v) is 4.49. The van der Waals surface area contributed by atoms with Crippen molar-refractivity contribution in [3.63, 3.8) is 0 Å². The molecular weight excluding hydrogens is 157 g/mol. The second-order valence-electron chi connectivity index (χ2n) is 1.31. The van der Waals surface area contributed by atoms with Gasteiger partial charge in [-0.05, 0) is 0 Å². The summed E-state index contributed by atoms with van der Waals surface area (Å²) in [4.78, 5) is 9.84. The third kappa shape index (κ3) is 8.05. The fourth-order valence-electron chi connectivity index (χ4n) is 0.313. The van der Waals surface area contributed by atoms with Crippen LogP contribution in [0.25, 0.3) is 0 Å². The summed E-state index contributed by atoms with van der Waals surface area (Å²) in [5.41, 5.74) is 0.960. The number of nitrogens with one attached hydrogen (secondary N) is 1. The number of rotatable bonds is 4. The van der Waals surface area contributed by atoms with E-state index in [0.29, 0.717) is 6.54 Å². The number of hydrogen-bond acceptors (Lipinski definition) is 2. The third-order valence-corrected chi connectivity index (χ3v) is 2.08. The van der Waals surface area contributed by atoms with Gasteiger partial charge in [0.15, 0.2) is 0 Å². The van der Waals surface area contributed by atoms with E-state index in [-0.39, 0.29) is 0 Å². The molecule has 0 rings (SSSR count). The van der Waals surface area contributed by atoms with E-state index in [2.05, 4.69) is 14.6 Å². The maximum Gasteiger partial charge on any atom is 0.404 e. The Balaban J connectivity index is 2.83. The lowest BCUT2D eigenvalue weighted by Gasteiger charge is -1.96. The van der Waals surface area contributed by atoms with E-state index in [1.165, 1.54) is 0 Å². The van der Waals surface area contributed by atoms with Gasteiger partial charge in [-0.1, -0.05) is 0 Å². The average molecular weight is 167 g/mol. The minimum absolute atomic E-state index is 0.536. The number of amides is 1. The molecule has 0 aromatic rings. The fraction of sp³-hybridized carbons (Fsp3) is 0.750. The molecule has 0 aliphatic heterocycles. The smallest absolute Gasteiger partial charge is 0.404 e. The van der Waals surface area contributed by atoms with E-state index >= 15 is 0 Å². The van der Waals surface area contributed by atoms with Crippen LogP contribution in [0.4, 0.5) is 4.79 Å². The van der Waals surface area contributed by atoms with Crippen LogP contribution in [-0.2, 0) is 0 Å². The van der Waals surface area contributed by atoms with Crippen molar-refractivity contribution in [2.24, 2.45) is 0 Å². The van der Waals surface area contributed by atoms with Gasteiger partial charge in [0, 0.05) is 17.8 Å². The Morgan fingerprint density at radius 3 is 2.89 bits per heavy atom. The molecule has 0 aliphatic carbocycles. The minimum Gasteiger partial charge on any atom is -0.465 e. The molecule has 1 unspecified atom stereocenters. The summed E-state index contributed by atoms with van der Waals surface area (Å²) in [6, 6.07) is 0. The Bertz CT molecular complexity index is 90.6. The van der Waals surface area contributed by atoms with Crippen molar-refractivity contribution in [3.8, 4) is 0 Å². The zero-order valence-corrected chi connectivity index (χ0v) is 6.93. The van der Waals surface area contributed by atoms with Crippen molar-refractivity contribution < 1.29 is 9.90 Å². The maximum atomic E-state index is 9.84. The molecule has 9 heavy (non-hydrogen) atoms. The van der Waals surface area contributed by atoms with E-state index in [0.717, 1.165) is 11.2 Å². The predicted octanol–water partition coefficient (Wildman–Crippen LogP) is 0.820. The number of carbonyl (C=O) groups is 1. The van der Waals surface area contributed by atoms with Crippen LogP contribution in [0.1, 0.15) is 0 Å². The SMILES string of the molecule is O=C(O)NCCSCP. The van der Waals surface area contributed by atoms with Gasteiger partial charge in [0.1, 0.15) is 0 Å². The minimum atomic E-state index is -0.945. The van der Waals surface area contributed by atoms with Crippen molar-refractivity contribution in [3.05, 3.63) is 0 Å². The molecule has 0 fully saturated rings. The highest BCUT2D eigenvalue weighted by Gasteiger charge is 1.90. The molecule has 5 heteroatoms. The van der Waals surface area contributed by atoms with Crippen molar-refractivity contribution >= 4 is 27.1 Å². The predicted molar refractivity (Wildman–Crippen MR) is 43.1 cm³/mol. The van der Waals surface area contributed by atoms with E-state index in [1.807, 2.05) is 0 Å². The van der Waals surface area contributed by atoms with Crippen LogP contribution >= 0.6 is 21.0 Å². The molecule has 2 N–H and O–H groups in total. The molecule has 0 heterocycles. The molecular formula is C4H10NO2PS. The summed E-state index contributed by atoms with van der Waals surface area (Å²) in [6.45, 7) is 0.536. The molecule has 0 bridgehead atoms. The first kappa shape index (κ1) is 9.05. The molecule has 0 saturated carbocycles. The average Bonchev–Trinajstić information content (AvgIpc) is 1.80. The Morgan fingerprint density at radius 2 is 2.44 bits per heavy atom.